The fourth-order valence-electron chi connectivity index (χ4n) is 3.18. The molecule has 0 saturated carbocycles. The molecule has 2 aromatic carbocycles. The van der Waals surface area contributed by atoms with Gasteiger partial charge in [-0.1, -0.05) is 46.0 Å². The van der Waals surface area contributed by atoms with E-state index in [4.69, 9.17) is 4.74 Å². The Balaban J connectivity index is 0.00000280. The van der Waals surface area contributed by atoms with E-state index in [1.165, 1.54) is 47.3 Å². The minimum absolute atomic E-state index is 0. The van der Waals surface area contributed by atoms with Crippen molar-refractivity contribution in [3.8, 4) is 26.8 Å². The van der Waals surface area contributed by atoms with Crippen LogP contribution in [0, 0.1) is 6.07 Å². The Morgan fingerprint density at radius 2 is 1.68 bits per heavy atom. The van der Waals surface area contributed by atoms with E-state index in [0.29, 0.717) is 0 Å². The summed E-state index contributed by atoms with van der Waals surface area (Å²) in [6, 6.07) is 16.2. The van der Waals surface area contributed by atoms with Gasteiger partial charge in [0.05, 0.1) is 7.11 Å². The van der Waals surface area contributed by atoms with E-state index >= 15 is 0 Å². The number of rotatable bonds is 9. The summed E-state index contributed by atoms with van der Waals surface area (Å²) in [5.41, 5.74) is 5.22. The summed E-state index contributed by atoms with van der Waals surface area (Å²) in [4.78, 5) is 5.85. The first kappa shape index (κ1) is 22.8. The maximum absolute atomic E-state index is 5.25. The third kappa shape index (κ3) is 5.76. The van der Waals surface area contributed by atoms with Crippen molar-refractivity contribution in [1.29, 1.82) is 0 Å². The minimum atomic E-state index is 0. The Labute approximate surface area is 186 Å². The van der Waals surface area contributed by atoms with Crippen molar-refractivity contribution in [3.05, 3.63) is 59.8 Å². The maximum atomic E-state index is 5.25. The molecule has 0 amide bonds. The summed E-state index contributed by atoms with van der Waals surface area (Å²) in [5, 5.41) is 1.04. The molecule has 0 aliphatic heterocycles. The average molecular weight is 571 g/mol. The van der Waals surface area contributed by atoms with Gasteiger partial charge in [0.2, 0.25) is 0 Å². The van der Waals surface area contributed by atoms with E-state index in [1.54, 1.807) is 18.4 Å². The third-order valence-corrected chi connectivity index (χ3v) is 5.92. The molecule has 0 fully saturated rings. The van der Waals surface area contributed by atoms with Crippen LogP contribution in [0.1, 0.15) is 50.7 Å². The summed E-state index contributed by atoms with van der Waals surface area (Å²) in [5.74, 6) is 0.875. The van der Waals surface area contributed by atoms with Crippen LogP contribution >= 0.6 is 11.3 Å². The molecule has 28 heavy (non-hydrogen) atoms. The second-order valence-corrected chi connectivity index (χ2v) is 7.89. The van der Waals surface area contributed by atoms with Crippen LogP contribution in [0.15, 0.2) is 42.6 Å². The second kappa shape index (κ2) is 11.5. The van der Waals surface area contributed by atoms with Crippen molar-refractivity contribution in [2.75, 3.05) is 7.11 Å². The van der Waals surface area contributed by atoms with Crippen LogP contribution in [0.2, 0.25) is 0 Å². The number of hydrogen-bond donors (Lipinski definition) is 0. The number of aromatic nitrogens is 1. The zero-order valence-electron chi connectivity index (χ0n) is 16.9. The van der Waals surface area contributed by atoms with Crippen molar-refractivity contribution >= 4 is 11.3 Å². The first-order chi connectivity index (χ1) is 13.2. The number of ether oxygens (including phenoxy) is 1. The Bertz CT molecular complexity index is 857. The van der Waals surface area contributed by atoms with Crippen molar-refractivity contribution in [2.45, 2.75) is 52.4 Å². The van der Waals surface area contributed by atoms with E-state index in [-0.39, 0.29) is 20.1 Å². The van der Waals surface area contributed by atoms with Gasteiger partial charge in [-0.2, -0.15) is 11.3 Å². The minimum Gasteiger partial charge on any atom is -0.497 e. The van der Waals surface area contributed by atoms with Gasteiger partial charge in [0.25, 0.3) is 0 Å². The average Bonchev–Trinajstić information content (AvgIpc) is 3.21. The molecule has 0 unspecified atom stereocenters. The topological polar surface area (TPSA) is 22.1 Å². The van der Waals surface area contributed by atoms with E-state index in [0.717, 1.165) is 29.2 Å². The van der Waals surface area contributed by atoms with Gasteiger partial charge < -0.3 is 4.74 Å². The smallest absolute Gasteiger partial charge is 0.118 e. The van der Waals surface area contributed by atoms with Crippen LogP contribution in [0.3, 0.4) is 0 Å². The largest absolute Gasteiger partial charge is 0.497 e. The standard InChI is InChI=1S/C24H28NOS.Ir/c1-4-6-8-18-10-11-21(16-20(18)9-7-5-2)24-25-17-23(27-24)19-12-14-22(26-3)15-13-19;/h10,12-17H,4-9H2,1-3H3;/q-1;. The molecule has 3 aromatic rings. The van der Waals surface area contributed by atoms with Gasteiger partial charge in [-0.15, -0.1) is 34.9 Å². The van der Waals surface area contributed by atoms with E-state index in [2.05, 4.69) is 49.2 Å². The molecule has 2 nitrogen and oxygen atoms in total. The summed E-state index contributed by atoms with van der Waals surface area (Å²) in [6.07, 6.45) is 9.19. The molecule has 0 N–H and O–H groups in total. The maximum Gasteiger partial charge on any atom is 0.118 e. The molecule has 0 saturated heterocycles. The molecular formula is C24H28IrNOS-. The van der Waals surface area contributed by atoms with Crippen molar-refractivity contribution in [2.24, 2.45) is 0 Å². The number of nitrogens with zero attached hydrogens (tertiary/aromatic N) is 1. The summed E-state index contributed by atoms with van der Waals surface area (Å²) >= 11 is 1.73. The molecule has 1 radical (unpaired) electrons. The Morgan fingerprint density at radius 3 is 2.32 bits per heavy atom. The molecule has 1 heterocycles. The van der Waals surface area contributed by atoms with Crippen molar-refractivity contribution < 1.29 is 24.8 Å². The Kier molecular flexibility index (Phi) is 9.37. The number of hydrogen-bond acceptors (Lipinski definition) is 3. The SMILES string of the molecule is CCCCc1c[c-]c(-c2ncc(-c3ccc(OC)cc3)s2)cc1CCCC.[Ir]. The quantitative estimate of drug-likeness (QED) is 0.259. The summed E-state index contributed by atoms with van der Waals surface area (Å²) in [6.45, 7) is 4.50. The zero-order chi connectivity index (χ0) is 19.1. The van der Waals surface area contributed by atoms with Gasteiger partial charge in [-0.3, -0.25) is 4.98 Å². The third-order valence-electron chi connectivity index (χ3n) is 4.84. The van der Waals surface area contributed by atoms with Gasteiger partial charge in [0.15, 0.2) is 0 Å². The fourth-order valence-corrected chi connectivity index (χ4v) is 4.08. The van der Waals surface area contributed by atoms with Crippen LogP contribution in [-0.4, -0.2) is 12.1 Å². The molecule has 0 aliphatic carbocycles. The zero-order valence-corrected chi connectivity index (χ0v) is 20.1. The molecule has 4 heteroatoms. The van der Waals surface area contributed by atoms with Crippen LogP contribution < -0.4 is 4.74 Å². The number of unbranched alkanes of at least 4 members (excludes halogenated alkanes) is 2. The molecule has 0 atom stereocenters. The molecule has 3 rings (SSSR count). The predicted molar refractivity (Wildman–Crippen MR) is 116 cm³/mol. The van der Waals surface area contributed by atoms with Gasteiger partial charge in [0, 0.05) is 36.2 Å². The Morgan fingerprint density at radius 1 is 1.00 bits per heavy atom. The number of benzene rings is 2. The van der Waals surface area contributed by atoms with Crippen LogP contribution in [-0.2, 0) is 32.9 Å². The molecule has 0 spiro atoms. The van der Waals surface area contributed by atoms with E-state index < -0.39 is 0 Å². The number of aryl methyl sites for hydroxylation is 2. The summed E-state index contributed by atoms with van der Waals surface area (Å²) in [7, 11) is 1.69. The first-order valence-electron chi connectivity index (χ1n) is 9.89. The first-order valence-corrected chi connectivity index (χ1v) is 10.7. The Hall–Kier alpha value is -1.48. The molecule has 151 valence electrons. The van der Waals surface area contributed by atoms with Gasteiger partial charge in [0.1, 0.15) is 5.75 Å². The van der Waals surface area contributed by atoms with Crippen LogP contribution in [0.5, 0.6) is 5.75 Å². The molecule has 0 bridgehead atoms. The van der Waals surface area contributed by atoms with Gasteiger partial charge in [-0.25, -0.2) is 0 Å². The monoisotopic (exact) mass is 571 g/mol. The number of methoxy groups -OCH3 is 1. The molecule has 0 aliphatic rings. The van der Waals surface area contributed by atoms with Gasteiger partial charge >= 0.3 is 0 Å². The summed E-state index contributed by atoms with van der Waals surface area (Å²) < 4.78 is 5.25. The van der Waals surface area contributed by atoms with E-state index in [9.17, 15) is 0 Å². The molecule has 1 aromatic heterocycles. The van der Waals surface area contributed by atoms with Crippen molar-refractivity contribution in [1.82, 2.24) is 4.98 Å². The van der Waals surface area contributed by atoms with Crippen LogP contribution in [0.4, 0.5) is 0 Å². The van der Waals surface area contributed by atoms with Crippen LogP contribution in [0.25, 0.3) is 21.0 Å². The van der Waals surface area contributed by atoms with Crippen molar-refractivity contribution in [3.63, 3.8) is 0 Å². The predicted octanol–water partition coefficient (Wildman–Crippen LogP) is 6.97. The second-order valence-electron chi connectivity index (χ2n) is 6.86. The fraction of sp³-hybridized carbons (Fsp3) is 0.375. The molecular weight excluding hydrogens is 543 g/mol. The van der Waals surface area contributed by atoms with Gasteiger partial charge in [-0.05, 0) is 36.2 Å². The number of thiazole rings is 1. The normalized spacial score (nSPS) is 10.5. The van der Waals surface area contributed by atoms with E-state index in [1.807, 2.05) is 18.3 Å².